The molecule has 0 unspecified atom stereocenters. The van der Waals surface area contributed by atoms with Crippen LogP contribution in [-0.2, 0) is 6.61 Å². The SMILES string of the molecule is O=Cc1cnoc1COc1cccc2ccccc12. The van der Waals surface area contributed by atoms with E-state index in [1.807, 2.05) is 42.5 Å². The van der Waals surface area contributed by atoms with Crippen LogP contribution in [0.4, 0.5) is 0 Å². The molecule has 2 aromatic carbocycles. The maximum atomic E-state index is 10.8. The number of aldehydes is 1. The van der Waals surface area contributed by atoms with E-state index in [1.54, 1.807) is 0 Å². The molecule has 3 aromatic rings. The van der Waals surface area contributed by atoms with E-state index in [0.717, 1.165) is 16.5 Å². The highest BCUT2D eigenvalue weighted by Crippen LogP contribution is 2.26. The molecule has 0 radical (unpaired) electrons. The van der Waals surface area contributed by atoms with Crippen molar-refractivity contribution in [3.8, 4) is 5.75 Å². The lowest BCUT2D eigenvalue weighted by Gasteiger charge is -2.07. The molecule has 0 aliphatic carbocycles. The third-order valence-corrected chi connectivity index (χ3v) is 2.91. The summed E-state index contributed by atoms with van der Waals surface area (Å²) in [5.41, 5.74) is 0.417. The van der Waals surface area contributed by atoms with Gasteiger partial charge in [-0.3, -0.25) is 4.79 Å². The number of hydrogen-bond acceptors (Lipinski definition) is 4. The van der Waals surface area contributed by atoms with Gasteiger partial charge in [0.05, 0.1) is 11.8 Å². The van der Waals surface area contributed by atoms with Crippen LogP contribution < -0.4 is 4.74 Å². The Morgan fingerprint density at radius 3 is 2.89 bits per heavy atom. The number of aromatic nitrogens is 1. The second kappa shape index (κ2) is 4.94. The van der Waals surface area contributed by atoms with Crippen LogP contribution >= 0.6 is 0 Å². The van der Waals surface area contributed by atoms with E-state index in [9.17, 15) is 4.79 Å². The first kappa shape index (κ1) is 11.5. The molecule has 94 valence electrons. The van der Waals surface area contributed by atoms with Gasteiger partial charge in [0.15, 0.2) is 12.0 Å². The molecule has 19 heavy (non-hydrogen) atoms. The van der Waals surface area contributed by atoms with Crippen molar-refractivity contribution in [2.45, 2.75) is 6.61 Å². The Balaban J connectivity index is 1.88. The summed E-state index contributed by atoms with van der Waals surface area (Å²) < 4.78 is 10.7. The van der Waals surface area contributed by atoms with Gasteiger partial charge in [-0.1, -0.05) is 41.6 Å². The highest BCUT2D eigenvalue weighted by molar-refractivity contribution is 5.88. The van der Waals surface area contributed by atoms with Gasteiger partial charge in [-0.2, -0.15) is 0 Å². The van der Waals surface area contributed by atoms with Gasteiger partial charge in [-0.15, -0.1) is 0 Å². The van der Waals surface area contributed by atoms with Crippen LogP contribution in [0.15, 0.2) is 53.2 Å². The molecule has 1 aromatic heterocycles. The molecule has 4 heteroatoms. The van der Waals surface area contributed by atoms with Crippen molar-refractivity contribution in [2.75, 3.05) is 0 Å². The van der Waals surface area contributed by atoms with E-state index >= 15 is 0 Å². The maximum absolute atomic E-state index is 10.8. The molecule has 3 rings (SSSR count). The smallest absolute Gasteiger partial charge is 0.184 e. The molecule has 0 amide bonds. The molecule has 0 fully saturated rings. The monoisotopic (exact) mass is 253 g/mol. The van der Waals surface area contributed by atoms with Crippen LogP contribution in [0.3, 0.4) is 0 Å². The van der Waals surface area contributed by atoms with E-state index in [2.05, 4.69) is 5.16 Å². The zero-order valence-corrected chi connectivity index (χ0v) is 10.1. The number of carbonyl (C=O) groups is 1. The minimum absolute atomic E-state index is 0.183. The Labute approximate surface area is 109 Å². The highest BCUT2D eigenvalue weighted by Gasteiger charge is 2.09. The first-order valence-electron chi connectivity index (χ1n) is 5.88. The zero-order valence-electron chi connectivity index (χ0n) is 10.1. The van der Waals surface area contributed by atoms with Gasteiger partial charge in [0.25, 0.3) is 0 Å². The van der Waals surface area contributed by atoms with Crippen LogP contribution in [0, 0.1) is 0 Å². The molecule has 0 N–H and O–H groups in total. The Kier molecular flexibility index (Phi) is 2.98. The fourth-order valence-electron chi connectivity index (χ4n) is 1.94. The first-order chi connectivity index (χ1) is 9.38. The number of ether oxygens (including phenoxy) is 1. The Bertz CT molecular complexity index is 713. The third kappa shape index (κ3) is 2.20. The number of benzene rings is 2. The maximum Gasteiger partial charge on any atom is 0.184 e. The summed E-state index contributed by atoms with van der Waals surface area (Å²) in [5, 5.41) is 5.71. The number of nitrogens with zero attached hydrogens (tertiary/aromatic N) is 1. The normalized spacial score (nSPS) is 10.5. The summed E-state index contributed by atoms with van der Waals surface area (Å²) >= 11 is 0. The quantitative estimate of drug-likeness (QED) is 0.670. The zero-order chi connectivity index (χ0) is 13.1. The summed E-state index contributed by atoms with van der Waals surface area (Å²) in [5.74, 6) is 1.19. The molecule has 0 saturated heterocycles. The van der Waals surface area contributed by atoms with E-state index in [1.165, 1.54) is 6.20 Å². The minimum Gasteiger partial charge on any atom is -0.485 e. The van der Waals surface area contributed by atoms with Crippen molar-refractivity contribution in [2.24, 2.45) is 0 Å². The van der Waals surface area contributed by atoms with E-state index in [0.29, 0.717) is 17.6 Å². The molecule has 1 heterocycles. The van der Waals surface area contributed by atoms with Crippen LogP contribution in [0.2, 0.25) is 0 Å². The van der Waals surface area contributed by atoms with E-state index in [-0.39, 0.29) is 6.61 Å². The van der Waals surface area contributed by atoms with E-state index in [4.69, 9.17) is 9.26 Å². The molecule has 0 saturated carbocycles. The average Bonchev–Trinajstić information content (AvgIpc) is 2.92. The third-order valence-electron chi connectivity index (χ3n) is 2.91. The Morgan fingerprint density at radius 2 is 2.00 bits per heavy atom. The Morgan fingerprint density at radius 1 is 1.16 bits per heavy atom. The lowest BCUT2D eigenvalue weighted by atomic mass is 10.1. The molecule has 0 aliphatic heterocycles. The Hall–Kier alpha value is -2.62. The predicted molar refractivity (Wildman–Crippen MR) is 70.2 cm³/mol. The predicted octanol–water partition coefficient (Wildman–Crippen LogP) is 3.22. The standard InChI is InChI=1S/C15H11NO3/c17-9-12-8-16-19-15(12)10-18-14-7-3-5-11-4-1-2-6-13(11)14/h1-9H,10H2. The second-order valence-corrected chi connectivity index (χ2v) is 4.09. The second-order valence-electron chi connectivity index (χ2n) is 4.09. The summed E-state index contributed by atoms with van der Waals surface area (Å²) in [4.78, 5) is 10.8. The fraction of sp³-hybridized carbons (Fsp3) is 0.0667. The van der Waals surface area contributed by atoms with Gasteiger partial charge in [-0.25, -0.2) is 0 Å². The van der Waals surface area contributed by atoms with Crippen molar-refractivity contribution >= 4 is 17.1 Å². The first-order valence-corrected chi connectivity index (χ1v) is 5.88. The molecular formula is C15H11NO3. The van der Waals surface area contributed by atoms with Gasteiger partial charge < -0.3 is 9.26 Å². The number of hydrogen-bond donors (Lipinski definition) is 0. The molecule has 0 aliphatic rings. The van der Waals surface area contributed by atoms with Crippen molar-refractivity contribution < 1.29 is 14.1 Å². The average molecular weight is 253 g/mol. The number of fused-ring (bicyclic) bond motifs is 1. The van der Waals surface area contributed by atoms with Crippen molar-refractivity contribution in [3.05, 3.63) is 60.0 Å². The lowest BCUT2D eigenvalue weighted by Crippen LogP contribution is -1.97. The molecular weight excluding hydrogens is 242 g/mol. The van der Waals surface area contributed by atoms with Crippen molar-refractivity contribution in [1.29, 1.82) is 0 Å². The summed E-state index contributed by atoms with van der Waals surface area (Å²) in [6.45, 7) is 0.183. The number of carbonyl (C=O) groups excluding carboxylic acids is 1. The lowest BCUT2D eigenvalue weighted by molar-refractivity contribution is 0.111. The van der Waals surface area contributed by atoms with Crippen LogP contribution in [-0.4, -0.2) is 11.4 Å². The highest BCUT2D eigenvalue weighted by atomic mass is 16.5. The topological polar surface area (TPSA) is 52.3 Å². The van der Waals surface area contributed by atoms with Gasteiger partial charge in [0, 0.05) is 5.39 Å². The van der Waals surface area contributed by atoms with Crippen LogP contribution in [0.1, 0.15) is 16.1 Å². The van der Waals surface area contributed by atoms with Gasteiger partial charge in [-0.05, 0) is 11.5 Å². The minimum atomic E-state index is 0.183. The van der Waals surface area contributed by atoms with Gasteiger partial charge in [0.1, 0.15) is 12.4 Å². The fourth-order valence-corrected chi connectivity index (χ4v) is 1.94. The number of rotatable bonds is 4. The van der Waals surface area contributed by atoms with Crippen molar-refractivity contribution in [3.63, 3.8) is 0 Å². The summed E-state index contributed by atoms with van der Waals surface area (Å²) in [6, 6.07) is 13.8. The van der Waals surface area contributed by atoms with Crippen LogP contribution in [0.25, 0.3) is 10.8 Å². The van der Waals surface area contributed by atoms with Gasteiger partial charge >= 0.3 is 0 Å². The van der Waals surface area contributed by atoms with E-state index < -0.39 is 0 Å². The summed E-state index contributed by atoms with van der Waals surface area (Å²) in [6.07, 6.45) is 2.09. The molecule has 0 spiro atoms. The molecule has 4 nitrogen and oxygen atoms in total. The molecule has 0 bridgehead atoms. The van der Waals surface area contributed by atoms with Gasteiger partial charge in [0.2, 0.25) is 0 Å². The largest absolute Gasteiger partial charge is 0.485 e. The van der Waals surface area contributed by atoms with Crippen molar-refractivity contribution in [1.82, 2.24) is 5.16 Å². The molecule has 0 atom stereocenters. The summed E-state index contributed by atoms with van der Waals surface area (Å²) in [7, 11) is 0. The van der Waals surface area contributed by atoms with Crippen LogP contribution in [0.5, 0.6) is 5.75 Å².